The maximum absolute atomic E-state index is 13.3. The number of nitrogens with one attached hydrogen (secondary N) is 2. The molecule has 168 valence electrons. The third kappa shape index (κ3) is 3.68. The zero-order valence-electron chi connectivity index (χ0n) is 18.7. The number of benzene rings is 1. The molecule has 0 aromatic heterocycles. The van der Waals surface area contributed by atoms with Crippen LogP contribution in [0.5, 0.6) is 5.75 Å². The van der Waals surface area contributed by atoms with E-state index >= 15 is 0 Å². The minimum atomic E-state index is -0.784. The lowest BCUT2D eigenvalue weighted by atomic mass is 9.52. The molecule has 0 radical (unpaired) electrons. The van der Waals surface area contributed by atoms with E-state index < -0.39 is 17.7 Å². The number of carbonyl (C=O) groups excluding carboxylic acids is 3. The molecular weight excluding hydrogens is 396 g/mol. The van der Waals surface area contributed by atoms with Gasteiger partial charge in [0, 0.05) is 18.3 Å². The predicted octanol–water partition coefficient (Wildman–Crippen LogP) is 3.04. The molecule has 7 heteroatoms. The number of ether oxygens (including phenoxy) is 2. The average Bonchev–Trinajstić information content (AvgIpc) is 2.71. The standard InChI is InChI=1S/C24H32N2O5/c1-5-30-22(29)19(14(2)3)25-21(28)17-12-15-10-11-23(17,4)13-24(15)26-20(27)16-8-6-7-9-18(16)31-24/h6-9,14-15,17,19H,5,10-13H2,1-4H3,(H,25,28)(H,26,27). The Hall–Kier alpha value is -2.57. The van der Waals surface area contributed by atoms with Crippen LogP contribution in [0, 0.1) is 23.2 Å². The number of hydrogen-bond acceptors (Lipinski definition) is 5. The number of carbonyl (C=O) groups is 3. The summed E-state index contributed by atoms with van der Waals surface area (Å²) in [6.45, 7) is 7.93. The van der Waals surface area contributed by atoms with Crippen molar-refractivity contribution in [2.24, 2.45) is 23.2 Å². The van der Waals surface area contributed by atoms with Gasteiger partial charge in [-0.3, -0.25) is 9.59 Å². The maximum Gasteiger partial charge on any atom is 0.328 e. The van der Waals surface area contributed by atoms with Gasteiger partial charge < -0.3 is 20.1 Å². The second-order valence-electron chi connectivity index (χ2n) is 9.78. The zero-order valence-corrected chi connectivity index (χ0v) is 18.7. The summed E-state index contributed by atoms with van der Waals surface area (Å²) in [4.78, 5) is 38.4. The lowest BCUT2D eigenvalue weighted by Gasteiger charge is -2.59. The second-order valence-corrected chi connectivity index (χ2v) is 9.78. The molecule has 4 aliphatic rings. The molecule has 2 amide bonds. The molecule has 31 heavy (non-hydrogen) atoms. The minimum absolute atomic E-state index is 0.0301. The first-order chi connectivity index (χ1) is 14.7. The van der Waals surface area contributed by atoms with Crippen LogP contribution >= 0.6 is 0 Å². The molecule has 1 aromatic carbocycles. The fourth-order valence-corrected chi connectivity index (χ4v) is 5.64. The van der Waals surface area contributed by atoms with E-state index in [0.717, 1.165) is 12.8 Å². The highest BCUT2D eigenvalue weighted by molar-refractivity contribution is 5.98. The molecule has 1 aliphatic heterocycles. The Labute approximate surface area is 183 Å². The first-order valence-corrected chi connectivity index (χ1v) is 11.3. The van der Waals surface area contributed by atoms with Crippen molar-refractivity contribution in [1.29, 1.82) is 0 Å². The summed E-state index contributed by atoms with van der Waals surface area (Å²) >= 11 is 0. The number of fused-ring (bicyclic) bond motifs is 3. The van der Waals surface area contributed by atoms with E-state index in [0.29, 0.717) is 24.2 Å². The Kier molecular flexibility index (Phi) is 5.48. The first-order valence-electron chi connectivity index (χ1n) is 11.3. The SMILES string of the molecule is CCOC(=O)C(NC(=O)C1CC2CCC1(C)CC21NC(=O)c2ccccc2O1)C(C)C. The summed E-state index contributed by atoms with van der Waals surface area (Å²) in [7, 11) is 0. The van der Waals surface area contributed by atoms with Gasteiger partial charge in [0.15, 0.2) is 5.72 Å². The van der Waals surface area contributed by atoms with Crippen molar-refractivity contribution in [3.8, 4) is 5.75 Å². The molecule has 2 N–H and O–H groups in total. The number of para-hydroxylation sites is 1. The Bertz CT molecular complexity index is 900. The van der Waals surface area contributed by atoms with Gasteiger partial charge in [-0.05, 0) is 49.7 Å². The van der Waals surface area contributed by atoms with E-state index in [2.05, 4.69) is 17.6 Å². The fraction of sp³-hybridized carbons (Fsp3) is 0.625. The molecule has 3 saturated carbocycles. The summed E-state index contributed by atoms with van der Waals surface area (Å²) in [5.74, 6) is -0.316. The van der Waals surface area contributed by atoms with Gasteiger partial charge in [0.25, 0.3) is 5.91 Å². The average molecular weight is 429 g/mol. The van der Waals surface area contributed by atoms with Gasteiger partial charge in [-0.15, -0.1) is 0 Å². The number of amides is 2. The monoisotopic (exact) mass is 428 g/mol. The van der Waals surface area contributed by atoms with Crippen molar-refractivity contribution in [2.75, 3.05) is 6.61 Å². The van der Waals surface area contributed by atoms with Gasteiger partial charge >= 0.3 is 5.97 Å². The molecule has 1 heterocycles. The molecule has 2 bridgehead atoms. The number of rotatable bonds is 5. The van der Waals surface area contributed by atoms with E-state index in [1.54, 1.807) is 13.0 Å². The van der Waals surface area contributed by atoms with Crippen molar-refractivity contribution in [2.45, 2.75) is 65.1 Å². The van der Waals surface area contributed by atoms with Gasteiger partial charge in [-0.1, -0.05) is 32.9 Å². The molecule has 5 rings (SSSR count). The van der Waals surface area contributed by atoms with Gasteiger partial charge in [0.05, 0.1) is 12.2 Å². The van der Waals surface area contributed by atoms with E-state index in [-0.39, 0.29) is 41.6 Å². The number of esters is 1. The summed E-state index contributed by atoms with van der Waals surface area (Å²) < 4.78 is 11.6. The molecule has 1 aromatic rings. The van der Waals surface area contributed by atoms with E-state index in [1.165, 1.54) is 0 Å². The smallest absolute Gasteiger partial charge is 0.328 e. The van der Waals surface area contributed by atoms with Crippen LogP contribution in [0.4, 0.5) is 0 Å². The topological polar surface area (TPSA) is 93.7 Å². The van der Waals surface area contributed by atoms with Gasteiger partial charge in [0.1, 0.15) is 11.8 Å². The van der Waals surface area contributed by atoms with Crippen LogP contribution in [0.15, 0.2) is 24.3 Å². The molecule has 7 nitrogen and oxygen atoms in total. The normalized spacial score (nSPS) is 32.1. The highest BCUT2D eigenvalue weighted by Crippen LogP contribution is 2.58. The van der Waals surface area contributed by atoms with Crippen LogP contribution in [-0.2, 0) is 14.3 Å². The Balaban J connectivity index is 1.54. The van der Waals surface area contributed by atoms with E-state index in [4.69, 9.17) is 9.47 Å². The van der Waals surface area contributed by atoms with Crippen molar-refractivity contribution < 1.29 is 23.9 Å². The predicted molar refractivity (Wildman–Crippen MR) is 114 cm³/mol. The van der Waals surface area contributed by atoms with Crippen LogP contribution in [-0.4, -0.2) is 36.2 Å². The lowest BCUT2D eigenvalue weighted by molar-refractivity contribution is -0.169. The van der Waals surface area contributed by atoms with Crippen molar-refractivity contribution >= 4 is 17.8 Å². The quantitative estimate of drug-likeness (QED) is 0.703. The van der Waals surface area contributed by atoms with Crippen LogP contribution in [0.2, 0.25) is 0 Å². The molecule has 1 spiro atoms. The highest BCUT2D eigenvalue weighted by atomic mass is 16.5. The van der Waals surface area contributed by atoms with Crippen LogP contribution in [0.3, 0.4) is 0 Å². The molecule has 3 fully saturated rings. The maximum atomic E-state index is 13.3. The van der Waals surface area contributed by atoms with Gasteiger partial charge in [-0.25, -0.2) is 4.79 Å². The van der Waals surface area contributed by atoms with Gasteiger partial charge in [-0.2, -0.15) is 0 Å². The largest absolute Gasteiger partial charge is 0.467 e. The number of hydrogen-bond donors (Lipinski definition) is 2. The van der Waals surface area contributed by atoms with Crippen LogP contribution in [0.25, 0.3) is 0 Å². The highest BCUT2D eigenvalue weighted by Gasteiger charge is 2.62. The molecule has 3 aliphatic carbocycles. The van der Waals surface area contributed by atoms with Crippen LogP contribution in [0.1, 0.15) is 63.7 Å². The Morgan fingerprint density at radius 1 is 1.32 bits per heavy atom. The minimum Gasteiger partial charge on any atom is -0.467 e. The Morgan fingerprint density at radius 3 is 2.74 bits per heavy atom. The third-order valence-corrected chi connectivity index (χ3v) is 7.32. The Morgan fingerprint density at radius 2 is 2.06 bits per heavy atom. The molecule has 5 atom stereocenters. The first kappa shape index (κ1) is 21.7. The van der Waals surface area contributed by atoms with Crippen molar-refractivity contribution in [3.63, 3.8) is 0 Å². The second kappa shape index (κ2) is 7.84. The van der Waals surface area contributed by atoms with E-state index in [9.17, 15) is 14.4 Å². The van der Waals surface area contributed by atoms with E-state index in [1.807, 2.05) is 32.0 Å². The summed E-state index contributed by atoms with van der Waals surface area (Å²) in [5.41, 5.74) is -0.578. The summed E-state index contributed by atoms with van der Waals surface area (Å²) in [6, 6.07) is 6.62. The fourth-order valence-electron chi connectivity index (χ4n) is 5.64. The molecule has 0 saturated heterocycles. The van der Waals surface area contributed by atoms with Crippen molar-refractivity contribution in [3.05, 3.63) is 29.8 Å². The zero-order chi connectivity index (χ0) is 22.4. The summed E-state index contributed by atoms with van der Waals surface area (Å²) in [5, 5.41) is 6.09. The lowest BCUT2D eigenvalue weighted by Crippen LogP contribution is -2.69. The van der Waals surface area contributed by atoms with Crippen LogP contribution < -0.4 is 15.4 Å². The molecule has 5 unspecified atom stereocenters. The third-order valence-electron chi connectivity index (χ3n) is 7.32. The summed E-state index contributed by atoms with van der Waals surface area (Å²) in [6.07, 6.45) is 2.94. The van der Waals surface area contributed by atoms with Crippen molar-refractivity contribution in [1.82, 2.24) is 10.6 Å². The molecular formula is C24H32N2O5. The van der Waals surface area contributed by atoms with Gasteiger partial charge in [0.2, 0.25) is 5.91 Å².